The van der Waals surface area contributed by atoms with E-state index < -0.39 is 0 Å². The molecule has 1 aliphatic heterocycles. The Hall–Kier alpha value is -2.51. The molecule has 4 rings (SSSR count). The summed E-state index contributed by atoms with van der Waals surface area (Å²) in [5.74, 6) is 0.725. The third-order valence-corrected chi connectivity index (χ3v) is 6.93. The molecule has 1 atom stereocenters. The second-order valence-corrected chi connectivity index (χ2v) is 9.43. The van der Waals surface area contributed by atoms with Crippen LogP contribution in [0.1, 0.15) is 44.6 Å². The second kappa shape index (κ2) is 12.3. The van der Waals surface area contributed by atoms with E-state index in [1.165, 1.54) is 38.2 Å². The number of hydrogen-bond acceptors (Lipinski definition) is 5. The molecule has 184 valence electrons. The number of nitrogens with one attached hydrogen (secondary N) is 1. The van der Waals surface area contributed by atoms with Crippen molar-refractivity contribution in [2.45, 2.75) is 51.5 Å². The molecule has 7 heteroatoms. The van der Waals surface area contributed by atoms with Gasteiger partial charge in [-0.3, -0.25) is 14.7 Å². The molecule has 34 heavy (non-hydrogen) atoms. The highest BCUT2D eigenvalue weighted by molar-refractivity contribution is 5.79. The molecule has 1 N–H and O–H groups in total. The van der Waals surface area contributed by atoms with Crippen molar-refractivity contribution in [1.82, 2.24) is 15.2 Å². The predicted octanol–water partition coefficient (Wildman–Crippen LogP) is 4.23. The number of pyridine rings is 1. The molecule has 6 nitrogen and oxygen atoms in total. The number of benzene rings is 1. The number of amides is 1. The molecule has 1 saturated carbocycles. The molecule has 2 fully saturated rings. The van der Waals surface area contributed by atoms with Crippen LogP contribution in [0.15, 0.2) is 36.5 Å². The Labute approximate surface area is 201 Å². The monoisotopic (exact) mass is 469 g/mol. The Morgan fingerprint density at radius 2 is 2.00 bits per heavy atom. The molecular weight excluding hydrogens is 433 g/mol. The van der Waals surface area contributed by atoms with Crippen LogP contribution >= 0.6 is 0 Å². The first-order valence-electron chi connectivity index (χ1n) is 12.6. The summed E-state index contributed by atoms with van der Waals surface area (Å²) in [7, 11) is 0. The van der Waals surface area contributed by atoms with Gasteiger partial charge in [0.05, 0.1) is 25.3 Å². The molecule has 2 aromatic rings. The highest BCUT2D eigenvalue weighted by Gasteiger charge is 2.21. The molecule has 1 aromatic heterocycles. The highest BCUT2D eigenvalue weighted by atomic mass is 19.1. The van der Waals surface area contributed by atoms with Crippen LogP contribution < -0.4 is 10.1 Å². The maximum atomic E-state index is 14.7. The van der Waals surface area contributed by atoms with Gasteiger partial charge < -0.3 is 14.8 Å². The zero-order chi connectivity index (χ0) is 23.8. The van der Waals surface area contributed by atoms with Crippen molar-refractivity contribution >= 4 is 5.91 Å². The lowest BCUT2D eigenvalue weighted by molar-refractivity contribution is -0.121. The summed E-state index contributed by atoms with van der Waals surface area (Å²) in [6, 6.07) is 8.69. The van der Waals surface area contributed by atoms with Crippen LogP contribution in [0.3, 0.4) is 0 Å². The molecule has 2 heterocycles. The smallest absolute Gasteiger partial charge is 0.224 e. The topological polar surface area (TPSA) is 63.7 Å². The van der Waals surface area contributed by atoms with Gasteiger partial charge in [-0.1, -0.05) is 25.3 Å². The summed E-state index contributed by atoms with van der Waals surface area (Å²) in [6.45, 7) is 6.71. The Morgan fingerprint density at radius 3 is 2.71 bits per heavy atom. The second-order valence-electron chi connectivity index (χ2n) is 9.43. The van der Waals surface area contributed by atoms with E-state index in [2.05, 4.69) is 22.1 Å². The maximum absolute atomic E-state index is 14.7. The largest absolute Gasteiger partial charge is 0.492 e. The number of morpholine rings is 1. The van der Waals surface area contributed by atoms with Gasteiger partial charge in [-0.15, -0.1) is 0 Å². The van der Waals surface area contributed by atoms with Crippen molar-refractivity contribution in [3.8, 4) is 17.0 Å². The van der Waals surface area contributed by atoms with E-state index in [4.69, 9.17) is 9.47 Å². The SMILES string of the molecule is C[C@@H](NC(=O)Cc1ccc(-c2ccc(OCCN3CCOCC3)cc2F)nc1)C1CCCCC1. The Morgan fingerprint density at radius 1 is 1.21 bits per heavy atom. The van der Waals surface area contributed by atoms with Crippen molar-refractivity contribution in [1.29, 1.82) is 0 Å². The summed E-state index contributed by atoms with van der Waals surface area (Å²) < 4.78 is 25.8. The van der Waals surface area contributed by atoms with Crippen molar-refractivity contribution in [3.05, 3.63) is 47.9 Å². The van der Waals surface area contributed by atoms with Gasteiger partial charge in [0.2, 0.25) is 5.91 Å². The Balaban J connectivity index is 1.27. The molecule has 2 aliphatic rings. The number of rotatable bonds is 9. The van der Waals surface area contributed by atoms with E-state index in [0.29, 0.717) is 29.5 Å². The van der Waals surface area contributed by atoms with Crippen molar-refractivity contribution < 1.29 is 18.7 Å². The number of carbonyl (C=O) groups is 1. The van der Waals surface area contributed by atoms with E-state index in [-0.39, 0.29) is 24.2 Å². The van der Waals surface area contributed by atoms with Gasteiger partial charge >= 0.3 is 0 Å². The van der Waals surface area contributed by atoms with Crippen LogP contribution in [-0.4, -0.2) is 61.3 Å². The lowest BCUT2D eigenvalue weighted by Gasteiger charge is -2.28. The van der Waals surface area contributed by atoms with E-state index in [1.807, 2.05) is 6.07 Å². The predicted molar refractivity (Wildman–Crippen MR) is 130 cm³/mol. The summed E-state index contributed by atoms with van der Waals surface area (Å²) in [5.41, 5.74) is 1.78. The minimum atomic E-state index is -0.372. The van der Waals surface area contributed by atoms with E-state index >= 15 is 0 Å². The van der Waals surface area contributed by atoms with Gasteiger partial charge in [0.1, 0.15) is 18.2 Å². The van der Waals surface area contributed by atoms with Crippen molar-refractivity contribution in [3.63, 3.8) is 0 Å². The van der Waals surface area contributed by atoms with Crippen molar-refractivity contribution in [2.75, 3.05) is 39.5 Å². The minimum absolute atomic E-state index is 0.0115. The summed E-state index contributed by atoms with van der Waals surface area (Å²) >= 11 is 0. The average Bonchev–Trinajstić information content (AvgIpc) is 2.86. The third-order valence-electron chi connectivity index (χ3n) is 6.93. The first-order valence-corrected chi connectivity index (χ1v) is 12.6. The quantitative estimate of drug-likeness (QED) is 0.596. The zero-order valence-electron chi connectivity index (χ0n) is 20.1. The van der Waals surface area contributed by atoms with Gasteiger partial charge in [0.25, 0.3) is 0 Å². The summed E-state index contributed by atoms with van der Waals surface area (Å²) in [4.78, 5) is 19.2. The normalized spacial score (nSPS) is 18.4. The van der Waals surface area contributed by atoms with Gasteiger partial charge in [-0.2, -0.15) is 0 Å². The van der Waals surface area contributed by atoms with Crippen LogP contribution in [0.5, 0.6) is 5.75 Å². The number of hydrogen-bond donors (Lipinski definition) is 1. The fourth-order valence-corrected chi connectivity index (χ4v) is 4.84. The van der Waals surface area contributed by atoms with Crippen LogP contribution in [-0.2, 0) is 16.0 Å². The minimum Gasteiger partial charge on any atom is -0.492 e. The number of nitrogens with zero attached hydrogens (tertiary/aromatic N) is 2. The van der Waals surface area contributed by atoms with E-state index in [0.717, 1.165) is 38.4 Å². The Bertz CT molecular complexity index is 925. The fourth-order valence-electron chi connectivity index (χ4n) is 4.84. The summed E-state index contributed by atoms with van der Waals surface area (Å²) in [6.07, 6.45) is 8.15. The van der Waals surface area contributed by atoms with E-state index in [9.17, 15) is 9.18 Å². The Kier molecular flexibility index (Phi) is 8.88. The summed E-state index contributed by atoms with van der Waals surface area (Å²) in [5, 5.41) is 3.15. The number of halogens is 1. The van der Waals surface area contributed by atoms with Gasteiger partial charge in [0, 0.05) is 43.5 Å². The third kappa shape index (κ3) is 7.00. The van der Waals surface area contributed by atoms with Crippen LogP contribution in [0.25, 0.3) is 11.3 Å². The van der Waals surface area contributed by atoms with Gasteiger partial charge in [-0.25, -0.2) is 4.39 Å². The molecular formula is C27H36FN3O3. The molecule has 1 amide bonds. The standard InChI is InChI=1S/C27H36FN3O3/c1-20(22-5-3-2-4-6-22)30-27(32)17-21-7-10-26(29-19-21)24-9-8-23(18-25(24)28)34-16-13-31-11-14-33-15-12-31/h7-10,18-20,22H,2-6,11-17H2,1H3,(H,30,32)/t20-/m1/s1. The van der Waals surface area contributed by atoms with Crippen LogP contribution in [0.2, 0.25) is 0 Å². The molecule has 1 aromatic carbocycles. The molecule has 0 spiro atoms. The maximum Gasteiger partial charge on any atom is 0.224 e. The first kappa shape index (κ1) is 24.6. The van der Waals surface area contributed by atoms with Gasteiger partial charge in [0.15, 0.2) is 0 Å². The number of carbonyl (C=O) groups excluding carboxylic acids is 1. The van der Waals surface area contributed by atoms with Crippen molar-refractivity contribution in [2.24, 2.45) is 5.92 Å². The molecule has 1 saturated heterocycles. The number of ether oxygens (including phenoxy) is 2. The van der Waals surface area contributed by atoms with Crippen LogP contribution in [0.4, 0.5) is 4.39 Å². The van der Waals surface area contributed by atoms with Crippen LogP contribution in [0, 0.1) is 11.7 Å². The van der Waals surface area contributed by atoms with Gasteiger partial charge in [-0.05, 0) is 49.4 Å². The lowest BCUT2D eigenvalue weighted by Crippen LogP contribution is -2.39. The average molecular weight is 470 g/mol. The molecule has 1 aliphatic carbocycles. The molecule has 0 bridgehead atoms. The fraction of sp³-hybridized carbons (Fsp3) is 0.556. The highest BCUT2D eigenvalue weighted by Crippen LogP contribution is 2.27. The first-order chi connectivity index (χ1) is 16.6. The van der Waals surface area contributed by atoms with E-state index in [1.54, 1.807) is 24.4 Å². The molecule has 0 radical (unpaired) electrons. The zero-order valence-corrected chi connectivity index (χ0v) is 20.1. The lowest BCUT2D eigenvalue weighted by atomic mass is 9.84. The molecule has 0 unspecified atom stereocenters. The number of aromatic nitrogens is 1.